The lowest BCUT2D eigenvalue weighted by Gasteiger charge is -2.21. The third-order valence-electron chi connectivity index (χ3n) is 3.33. The lowest BCUT2D eigenvalue weighted by molar-refractivity contribution is 0.205. The molecule has 5 nitrogen and oxygen atoms in total. The Kier molecular flexibility index (Phi) is 7.04. The Morgan fingerprint density at radius 2 is 2.20 bits per heavy atom. The van der Waals surface area contributed by atoms with Crippen molar-refractivity contribution in [1.29, 1.82) is 0 Å². The monoisotopic (exact) mass is 279 g/mol. The van der Waals surface area contributed by atoms with Crippen LogP contribution in [0.3, 0.4) is 0 Å². The van der Waals surface area contributed by atoms with E-state index in [1.807, 2.05) is 38.2 Å². The van der Waals surface area contributed by atoms with Gasteiger partial charge in [-0.25, -0.2) is 4.79 Å². The van der Waals surface area contributed by atoms with E-state index in [4.69, 9.17) is 5.11 Å². The van der Waals surface area contributed by atoms with Gasteiger partial charge in [0.2, 0.25) is 0 Å². The highest BCUT2D eigenvalue weighted by molar-refractivity contribution is 5.89. The van der Waals surface area contributed by atoms with Crippen LogP contribution in [0.5, 0.6) is 0 Å². The van der Waals surface area contributed by atoms with Crippen molar-refractivity contribution in [2.45, 2.75) is 26.3 Å². The number of nitrogens with one attached hydrogen (secondary N) is 2. The molecule has 1 rings (SSSR count). The van der Waals surface area contributed by atoms with Gasteiger partial charge >= 0.3 is 6.03 Å². The van der Waals surface area contributed by atoms with Gasteiger partial charge in [0.05, 0.1) is 0 Å². The predicted molar refractivity (Wildman–Crippen MR) is 81.9 cm³/mol. The number of anilines is 1. The third-order valence-corrected chi connectivity index (χ3v) is 3.33. The van der Waals surface area contributed by atoms with E-state index in [1.165, 1.54) is 0 Å². The Morgan fingerprint density at radius 3 is 2.80 bits per heavy atom. The van der Waals surface area contributed by atoms with Crippen molar-refractivity contribution in [1.82, 2.24) is 10.2 Å². The molecule has 0 spiro atoms. The molecular weight excluding hydrogens is 254 g/mol. The van der Waals surface area contributed by atoms with Crippen LogP contribution < -0.4 is 10.6 Å². The highest BCUT2D eigenvalue weighted by atomic mass is 16.3. The van der Waals surface area contributed by atoms with Crippen LogP contribution in [0.1, 0.15) is 31.9 Å². The van der Waals surface area contributed by atoms with E-state index in [9.17, 15) is 4.79 Å². The van der Waals surface area contributed by atoms with Gasteiger partial charge in [0.15, 0.2) is 0 Å². The molecule has 20 heavy (non-hydrogen) atoms. The first-order chi connectivity index (χ1) is 9.62. The molecule has 5 heteroatoms. The van der Waals surface area contributed by atoms with Crippen LogP contribution in [0, 0.1) is 0 Å². The van der Waals surface area contributed by atoms with Crippen LogP contribution in [0.25, 0.3) is 0 Å². The fourth-order valence-electron chi connectivity index (χ4n) is 1.92. The maximum absolute atomic E-state index is 12.1. The van der Waals surface area contributed by atoms with Crippen LogP contribution in [0.15, 0.2) is 24.3 Å². The number of carbonyl (C=O) groups is 1. The molecule has 112 valence electrons. The number of nitrogens with zero attached hydrogens (tertiary/aromatic N) is 1. The summed E-state index contributed by atoms with van der Waals surface area (Å²) < 4.78 is 0. The van der Waals surface area contributed by atoms with Gasteiger partial charge < -0.3 is 20.6 Å². The Balaban J connectivity index is 2.69. The molecule has 1 aromatic carbocycles. The summed E-state index contributed by atoms with van der Waals surface area (Å²) in [5, 5.41) is 14.9. The van der Waals surface area contributed by atoms with Crippen molar-refractivity contribution in [3.05, 3.63) is 29.8 Å². The summed E-state index contributed by atoms with van der Waals surface area (Å²) in [4.78, 5) is 13.8. The van der Waals surface area contributed by atoms with Gasteiger partial charge in [0.1, 0.15) is 0 Å². The highest BCUT2D eigenvalue weighted by Gasteiger charge is 2.11. The maximum Gasteiger partial charge on any atom is 0.321 e. The van der Waals surface area contributed by atoms with Crippen LogP contribution in [0.2, 0.25) is 0 Å². The summed E-state index contributed by atoms with van der Waals surface area (Å²) in [7, 11) is 1.91. The number of benzene rings is 1. The topological polar surface area (TPSA) is 64.6 Å². The minimum Gasteiger partial charge on any atom is -0.396 e. The average Bonchev–Trinajstić information content (AvgIpc) is 2.47. The SMILES string of the molecule is CCN(CCCO)C(=O)Nc1cccc(C(C)NC)c1. The second kappa shape index (κ2) is 8.55. The molecule has 0 saturated carbocycles. The maximum atomic E-state index is 12.1. The standard InChI is InChI=1S/C15H25N3O2/c1-4-18(9-6-10-19)15(20)17-14-8-5-7-13(11-14)12(2)16-3/h5,7-8,11-12,16,19H,4,6,9-10H2,1-3H3,(H,17,20). The zero-order valence-corrected chi connectivity index (χ0v) is 12.5. The number of aliphatic hydroxyl groups is 1. The minimum absolute atomic E-state index is 0.0962. The first-order valence-electron chi connectivity index (χ1n) is 7.06. The minimum atomic E-state index is -0.129. The van der Waals surface area contributed by atoms with Crippen molar-refractivity contribution >= 4 is 11.7 Å². The van der Waals surface area contributed by atoms with Gasteiger partial charge in [-0.05, 0) is 45.0 Å². The molecule has 0 aliphatic rings. The smallest absolute Gasteiger partial charge is 0.321 e. The summed E-state index contributed by atoms with van der Waals surface area (Å²) in [6.07, 6.45) is 0.595. The predicted octanol–water partition coefficient (Wildman–Crippen LogP) is 2.20. The van der Waals surface area contributed by atoms with E-state index in [0.29, 0.717) is 19.5 Å². The van der Waals surface area contributed by atoms with E-state index in [1.54, 1.807) is 4.90 Å². The van der Waals surface area contributed by atoms with Crippen LogP contribution in [-0.4, -0.2) is 42.8 Å². The molecule has 0 aliphatic heterocycles. The fraction of sp³-hybridized carbons (Fsp3) is 0.533. The van der Waals surface area contributed by atoms with Gasteiger partial charge in [-0.1, -0.05) is 12.1 Å². The molecule has 0 aromatic heterocycles. The number of amides is 2. The molecule has 3 N–H and O–H groups in total. The number of aliphatic hydroxyl groups excluding tert-OH is 1. The summed E-state index contributed by atoms with van der Waals surface area (Å²) in [5.74, 6) is 0. The van der Waals surface area contributed by atoms with Crippen molar-refractivity contribution < 1.29 is 9.90 Å². The van der Waals surface area contributed by atoms with Crippen molar-refractivity contribution in [3.63, 3.8) is 0 Å². The van der Waals surface area contributed by atoms with Crippen LogP contribution in [-0.2, 0) is 0 Å². The zero-order valence-electron chi connectivity index (χ0n) is 12.5. The molecule has 0 saturated heterocycles. The van der Waals surface area contributed by atoms with E-state index >= 15 is 0 Å². The summed E-state index contributed by atoms with van der Waals surface area (Å²) in [5.41, 5.74) is 1.92. The molecule has 0 radical (unpaired) electrons. The average molecular weight is 279 g/mol. The molecule has 0 heterocycles. The van der Waals surface area contributed by atoms with E-state index < -0.39 is 0 Å². The normalized spacial score (nSPS) is 12.0. The molecule has 1 atom stereocenters. The number of carbonyl (C=O) groups excluding carboxylic acids is 1. The van der Waals surface area contributed by atoms with Crippen molar-refractivity contribution in [2.24, 2.45) is 0 Å². The van der Waals surface area contributed by atoms with Gasteiger partial charge in [-0.2, -0.15) is 0 Å². The van der Waals surface area contributed by atoms with E-state index in [0.717, 1.165) is 11.3 Å². The first kappa shape index (κ1) is 16.5. The third kappa shape index (κ3) is 4.83. The second-order valence-corrected chi connectivity index (χ2v) is 4.72. The van der Waals surface area contributed by atoms with Crippen molar-refractivity contribution in [3.8, 4) is 0 Å². The quantitative estimate of drug-likeness (QED) is 0.717. The molecule has 0 aliphatic carbocycles. The molecular formula is C15H25N3O2. The van der Waals surface area contributed by atoms with E-state index in [2.05, 4.69) is 17.6 Å². The summed E-state index contributed by atoms with van der Waals surface area (Å²) >= 11 is 0. The number of hydrogen-bond acceptors (Lipinski definition) is 3. The van der Waals surface area contributed by atoms with Crippen LogP contribution >= 0.6 is 0 Å². The number of rotatable bonds is 7. The van der Waals surface area contributed by atoms with Gasteiger partial charge in [-0.3, -0.25) is 0 Å². The Hall–Kier alpha value is -1.59. The molecule has 0 fully saturated rings. The number of hydrogen-bond donors (Lipinski definition) is 3. The molecule has 2 amide bonds. The van der Waals surface area contributed by atoms with Gasteiger partial charge in [0, 0.05) is 31.4 Å². The summed E-state index contributed by atoms with van der Waals surface area (Å²) in [6.45, 7) is 5.28. The lowest BCUT2D eigenvalue weighted by atomic mass is 10.1. The Morgan fingerprint density at radius 1 is 1.45 bits per heavy atom. The van der Waals surface area contributed by atoms with Crippen LogP contribution in [0.4, 0.5) is 10.5 Å². The molecule has 0 bridgehead atoms. The van der Waals surface area contributed by atoms with Gasteiger partial charge in [-0.15, -0.1) is 0 Å². The molecule has 1 aromatic rings. The molecule has 1 unspecified atom stereocenters. The van der Waals surface area contributed by atoms with Gasteiger partial charge in [0.25, 0.3) is 0 Å². The summed E-state index contributed by atoms with van der Waals surface area (Å²) in [6, 6.07) is 7.92. The zero-order chi connectivity index (χ0) is 15.0. The highest BCUT2D eigenvalue weighted by Crippen LogP contribution is 2.17. The fourth-order valence-corrected chi connectivity index (χ4v) is 1.92. The first-order valence-corrected chi connectivity index (χ1v) is 7.06. The van der Waals surface area contributed by atoms with Crippen molar-refractivity contribution in [2.75, 3.05) is 32.1 Å². The lowest BCUT2D eigenvalue weighted by Crippen LogP contribution is -2.35. The second-order valence-electron chi connectivity index (χ2n) is 4.72. The number of urea groups is 1. The Bertz CT molecular complexity index is 423. The largest absolute Gasteiger partial charge is 0.396 e. The Labute approximate surface area is 121 Å². The van der Waals surface area contributed by atoms with E-state index in [-0.39, 0.29) is 18.7 Å².